The van der Waals surface area contributed by atoms with Crippen LogP contribution in [0.4, 0.5) is 18.9 Å². The van der Waals surface area contributed by atoms with E-state index in [0.29, 0.717) is 35.3 Å². The van der Waals surface area contributed by atoms with Crippen LogP contribution in [0.25, 0.3) is 10.9 Å². The predicted octanol–water partition coefficient (Wildman–Crippen LogP) is 5.68. The van der Waals surface area contributed by atoms with Crippen molar-refractivity contribution in [1.82, 2.24) is 9.55 Å². The standard InChI is InChI=1S/C29H24F3N3O4/c30-29(31,32)20-10-7-11-21(17-20)33-26(36)25(18-8-3-1-4-9-18)39-28(38)19-13-14-22-23(16-19)34-24-12-5-2-6-15-35(24)27(22)37/h1,3-4,7-11,13-14,16-17,25H,2,5-6,12,15H2,(H,33,36)/t25-/m1/s1. The van der Waals surface area contributed by atoms with Crippen molar-refractivity contribution in [3.8, 4) is 0 Å². The molecule has 3 aromatic carbocycles. The minimum atomic E-state index is -4.59. The van der Waals surface area contributed by atoms with Crippen LogP contribution < -0.4 is 10.9 Å². The van der Waals surface area contributed by atoms with Crippen LogP contribution in [-0.2, 0) is 28.7 Å². The molecule has 1 aromatic heterocycles. The summed E-state index contributed by atoms with van der Waals surface area (Å²) in [4.78, 5) is 44.0. The lowest BCUT2D eigenvalue weighted by Crippen LogP contribution is -2.26. The number of nitrogens with zero attached hydrogens (tertiary/aromatic N) is 2. The van der Waals surface area contributed by atoms with E-state index in [1.165, 1.54) is 30.3 Å². The SMILES string of the molecule is O=C(O[C@@H](C(=O)Nc1cccc(C(F)(F)F)c1)c1ccccc1)c1ccc2c(=O)n3c(nc2c1)CCCCC3. The maximum atomic E-state index is 13.2. The summed E-state index contributed by atoms with van der Waals surface area (Å²) in [6.45, 7) is 0.598. The number of hydrogen-bond acceptors (Lipinski definition) is 5. The second-order valence-electron chi connectivity index (χ2n) is 9.29. The van der Waals surface area contributed by atoms with Crippen molar-refractivity contribution in [3.05, 3.63) is 106 Å². The molecule has 0 bridgehead atoms. The number of benzene rings is 3. The molecule has 1 atom stereocenters. The molecule has 0 spiro atoms. The molecule has 10 heteroatoms. The Hall–Kier alpha value is -4.47. The highest BCUT2D eigenvalue weighted by molar-refractivity contribution is 5.99. The van der Waals surface area contributed by atoms with Crippen molar-refractivity contribution < 1.29 is 27.5 Å². The molecule has 0 saturated carbocycles. The molecule has 1 N–H and O–H groups in total. The summed E-state index contributed by atoms with van der Waals surface area (Å²) < 4.78 is 46.6. The normalized spacial score (nSPS) is 14.2. The van der Waals surface area contributed by atoms with Gasteiger partial charge in [0.25, 0.3) is 11.5 Å². The number of halogens is 3. The van der Waals surface area contributed by atoms with E-state index in [9.17, 15) is 27.6 Å². The number of alkyl halides is 3. The third-order valence-electron chi connectivity index (χ3n) is 6.57. The van der Waals surface area contributed by atoms with Crippen molar-refractivity contribution in [2.45, 2.75) is 44.5 Å². The zero-order chi connectivity index (χ0) is 27.6. The van der Waals surface area contributed by atoms with E-state index in [1.807, 2.05) is 0 Å². The Morgan fingerprint density at radius 2 is 1.74 bits per heavy atom. The maximum absolute atomic E-state index is 13.2. The highest BCUT2D eigenvalue weighted by Gasteiger charge is 2.31. The number of aryl methyl sites for hydroxylation is 1. The van der Waals surface area contributed by atoms with Gasteiger partial charge in [0, 0.05) is 24.2 Å². The molecule has 5 rings (SSSR count). The molecule has 7 nitrogen and oxygen atoms in total. The minimum absolute atomic E-state index is 0.0840. The van der Waals surface area contributed by atoms with Gasteiger partial charge in [-0.1, -0.05) is 42.8 Å². The van der Waals surface area contributed by atoms with Crippen LogP contribution in [0.15, 0.2) is 77.6 Å². The van der Waals surface area contributed by atoms with Crippen LogP contribution >= 0.6 is 0 Å². The third-order valence-corrected chi connectivity index (χ3v) is 6.57. The lowest BCUT2D eigenvalue weighted by molar-refractivity contribution is -0.137. The predicted molar refractivity (Wildman–Crippen MR) is 138 cm³/mol. The van der Waals surface area contributed by atoms with E-state index in [1.54, 1.807) is 34.9 Å². The van der Waals surface area contributed by atoms with E-state index < -0.39 is 29.7 Å². The van der Waals surface area contributed by atoms with Gasteiger partial charge in [0.05, 0.1) is 22.0 Å². The van der Waals surface area contributed by atoms with Crippen LogP contribution in [0.5, 0.6) is 0 Å². The molecule has 1 aliphatic heterocycles. The zero-order valence-electron chi connectivity index (χ0n) is 20.7. The molecule has 200 valence electrons. The molecular formula is C29H24F3N3O4. The van der Waals surface area contributed by atoms with E-state index in [-0.39, 0.29) is 16.8 Å². The van der Waals surface area contributed by atoms with Crippen LogP contribution in [0.2, 0.25) is 0 Å². The summed E-state index contributed by atoms with van der Waals surface area (Å²) in [6, 6.07) is 16.7. The number of esters is 1. The number of carbonyl (C=O) groups excluding carboxylic acids is 2. The molecule has 0 radical (unpaired) electrons. The Morgan fingerprint density at radius 3 is 2.51 bits per heavy atom. The Labute approximate surface area is 221 Å². The number of ether oxygens (including phenoxy) is 1. The average Bonchev–Trinajstić information content (AvgIpc) is 3.17. The molecule has 0 unspecified atom stereocenters. The molecule has 0 saturated heterocycles. The number of aromatic nitrogens is 2. The monoisotopic (exact) mass is 535 g/mol. The van der Waals surface area contributed by atoms with Crippen LogP contribution in [0.1, 0.15) is 52.7 Å². The van der Waals surface area contributed by atoms with E-state index in [4.69, 9.17) is 4.74 Å². The highest BCUT2D eigenvalue weighted by atomic mass is 19.4. The quantitative estimate of drug-likeness (QED) is 0.332. The number of amides is 1. The summed E-state index contributed by atoms with van der Waals surface area (Å²) in [5.74, 6) is -1.00. The number of hydrogen-bond donors (Lipinski definition) is 1. The fraction of sp³-hybridized carbons (Fsp3) is 0.241. The van der Waals surface area contributed by atoms with Gasteiger partial charge in [-0.2, -0.15) is 13.2 Å². The Bertz CT molecular complexity index is 1600. The molecule has 0 aliphatic carbocycles. The second-order valence-corrected chi connectivity index (χ2v) is 9.29. The van der Waals surface area contributed by atoms with Crippen LogP contribution in [-0.4, -0.2) is 21.4 Å². The Balaban J connectivity index is 1.43. The van der Waals surface area contributed by atoms with E-state index in [0.717, 1.165) is 31.4 Å². The summed E-state index contributed by atoms with van der Waals surface area (Å²) >= 11 is 0. The van der Waals surface area contributed by atoms with Gasteiger partial charge < -0.3 is 10.1 Å². The van der Waals surface area contributed by atoms with Crippen LogP contribution in [0, 0.1) is 0 Å². The lowest BCUT2D eigenvalue weighted by atomic mass is 10.1. The maximum Gasteiger partial charge on any atom is 0.416 e. The number of nitrogens with one attached hydrogen (secondary N) is 1. The number of fused-ring (bicyclic) bond motifs is 2. The molecule has 0 fully saturated rings. The van der Waals surface area contributed by atoms with E-state index >= 15 is 0 Å². The number of anilines is 1. The lowest BCUT2D eigenvalue weighted by Gasteiger charge is -2.19. The van der Waals surface area contributed by atoms with Gasteiger partial charge in [-0.15, -0.1) is 0 Å². The summed E-state index contributed by atoms with van der Waals surface area (Å²) in [5.41, 5.74) is -0.417. The second kappa shape index (κ2) is 10.7. The first kappa shape index (κ1) is 26.1. The van der Waals surface area contributed by atoms with Gasteiger partial charge in [0.1, 0.15) is 5.82 Å². The number of carbonyl (C=O) groups is 2. The number of rotatable bonds is 5. The summed E-state index contributed by atoms with van der Waals surface area (Å²) in [7, 11) is 0. The smallest absolute Gasteiger partial charge is 0.416 e. The summed E-state index contributed by atoms with van der Waals surface area (Å²) in [5, 5.41) is 2.79. The Morgan fingerprint density at radius 1 is 0.949 bits per heavy atom. The average molecular weight is 536 g/mol. The molecule has 39 heavy (non-hydrogen) atoms. The molecule has 1 aliphatic rings. The fourth-order valence-corrected chi connectivity index (χ4v) is 4.60. The topological polar surface area (TPSA) is 90.3 Å². The zero-order valence-corrected chi connectivity index (χ0v) is 20.7. The van der Waals surface area contributed by atoms with Gasteiger partial charge in [-0.25, -0.2) is 9.78 Å². The van der Waals surface area contributed by atoms with Gasteiger partial charge in [0.2, 0.25) is 6.10 Å². The minimum Gasteiger partial charge on any atom is -0.444 e. The third kappa shape index (κ3) is 5.69. The summed E-state index contributed by atoms with van der Waals surface area (Å²) in [6.07, 6.45) is -2.56. The van der Waals surface area contributed by atoms with Crippen molar-refractivity contribution >= 4 is 28.5 Å². The van der Waals surface area contributed by atoms with Gasteiger partial charge >= 0.3 is 12.1 Å². The largest absolute Gasteiger partial charge is 0.444 e. The Kier molecular flexibility index (Phi) is 7.19. The van der Waals surface area contributed by atoms with Crippen molar-refractivity contribution in [3.63, 3.8) is 0 Å². The first-order chi connectivity index (χ1) is 18.7. The first-order valence-electron chi connectivity index (χ1n) is 12.5. The highest BCUT2D eigenvalue weighted by Crippen LogP contribution is 2.31. The van der Waals surface area contributed by atoms with Gasteiger partial charge in [0.15, 0.2) is 0 Å². The van der Waals surface area contributed by atoms with Crippen molar-refractivity contribution in [1.29, 1.82) is 0 Å². The molecule has 4 aromatic rings. The van der Waals surface area contributed by atoms with Crippen molar-refractivity contribution in [2.24, 2.45) is 0 Å². The van der Waals surface area contributed by atoms with Crippen LogP contribution in [0.3, 0.4) is 0 Å². The van der Waals surface area contributed by atoms with Gasteiger partial charge in [-0.3, -0.25) is 14.2 Å². The van der Waals surface area contributed by atoms with Gasteiger partial charge in [-0.05, 0) is 49.2 Å². The molecule has 1 amide bonds. The van der Waals surface area contributed by atoms with Crippen molar-refractivity contribution in [2.75, 3.05) is 5.32 Å². The fourth-order valence-electron chi connectivity index (χ4n) is 4.60. The first-order valence-corrected chi connectivity index (χ1v) is 12.5. The molecule has 2 heterocycles. The molecular weight excluding hydrogens is 511 g/mol. The van der Waals surface area contributed by atoms with E-state index in [2.05, 4.69) is 10.3 Å².